The number of amides is 1. The predicted molar refractivity (Wildman–Crippen MR) is 116 cm³/mol. The highest BCUT2D eigenvalue weighted by atomic mass is 35.5. The first-order chi connectivity index (χ1) is 13.6. The summed E-state index contributed by atoms with van der Waals surface area (Å²) in [4.78, 5) is 17.9. The average Bonchev–Trinajstić information content (AvgIpc) is 2.70. The molecule has 0 radical (unpaired) electrons. The molecule has 1 N–H and O–H groups in total. The van der Waals surface area contributed by atoms with Crippen LogP contribution in [-0.4, -0.2) is 49.3 Å². The van der Waals surface area contributed by atoms with E-state index in [0.717, 1.165) is 41.8 Å². The van der Waals surface area contributed by atoms with E-state index in [9.17, 15) is 4.79 Å². The van der Waals surface area contributed by atoms with Crippen molar-refractivity contribution < 1.29 is 4.79 Å². The quantitative estimate of drug-likeness (QED) is 0.723. The number of benzene rings is 2. The molecule has 5 nitrogen and oxygen atoms in total. The monoisotopic (exact) mass is 414 g/mol. The van der Waals surface area contributed by atoms with Crippen molar-refractivity contribution in [1.29, 1.82) is 5.26 Å². The lowest BCUT2D eigenvalue weighted by Crippen LogP contribution is -2.48. The Bertz CT molecular complexity index is 875. The van der Waals surface area contributed by atoms with Crippen molar-refractivity contribution in [3.8, 4) is 6.07 Å². The number of anilines is 2. The highest BCUT2D eigenvalue weighted by Gasteiger charge is 2.20. The smallest absolute Gasteiger partial charge is 0.238 e. The van der Waals surface area contributed by atoms with Gasteiger partial charge in [0, 0.05) is 41.8 Å². The van der Waals surface area contributed by atoms with Crippen molar-refractivity contribution in [2.45, 2.75) is 11.8 Å². The second kappa shape index (κ2) is 9.83. The zero-order chi connectivity index (χ0) is 19.9. The number of thioether (sulfide) groups is 1. The number of carbonyl (C=O) groups excluding carboxylic acids is 1. The van der Waals surface area contributed by atoms with Crippen LogP contribution in [0.15, 0.2) is 47.4 Å². The van der Waals surface area contributed by atoms with Gasteiger partial charge in [-0.25, -0.2) is 0 Å². The van der Waals surface area contributed by atoms with Crippen molar-refractivity contribution in [3.63, 3.8) is 0 Å². The maximum absolute atomic E-state index is 12.5. The van der Waals surface area contributed by atoms with Gasteiger partial charge < -0.3 is 10.2 Å². The summed E-state index contributed by atoms with van der Waals surface area (Å²) in [6.07, 6.45) is 0. The highest BCUT2D eigenvalue weighted by Crippen LogP contribution is 2.27. The van der Waals surface area contributed by atoms with Crippen LogP contribution >= 0.6 is 23.4 Å². The molecular weight excluding hydrogens is 392 g/mol. The Morgan fingerprint density at radius 1 is 1.21 bits per heavy atom. The maximum Gasteiger partial charge on any atom is 0.238 e. The number of aryl methyl sites for hydroxylation is 1. The summed E-state index contributed by atoms with van der Waals surface area (Å²) >= 11 is 7.57. The molecule has 146 valence electrons. The normalized spacial score (nSPS) is 14.5. The zero-order valence-electron chi connectivity index (χ0n) is 15.8. The summed E-state index contributed by atoms with van der Waals surface area (Å²) in [6, 6.07) is 15.7. The van der Waals surface area contributed by atoms with Gasteiger partial charge in [0.1, 0.15) is 0 Å². The Morgan fingerprint density at radius 3 is 2.71 bits per heavy atom. The molecule has 1 amide bonds. The van der Waals surface area contributed by atoms with E-state index in [1.54, 1.807) is 0 Å². The van der Waals surface area contributed by atoms with E-state index in [4.69, 9.17) is 16.9 Å². The molecule has 1 fully saturated rings. The summed E-state index contributed by atoms with van der Waals surface area (Å²) in [5, 5.41) is 12.5. The molecule has 7 heteroatoms. The molecule has 3 rings (SSSR count). The summed E-state index contributed by atoms with van der Waals surface area (Å²) in [6.45, 7) is 5.83. The lowest BCUT2D eigenvalue weighted by molar-refractivity contribution is -0.117. The van der Waals surface area contributed by atoms with Gasteiger partial charge in [0.15, 0.2) is 0 Å². The second-order valence-corrected chi connectivity index (χ2v) is 8.14. The number of para-hydroxylation sites is 1. The van der Waals surface area contributed by atoms with E-state index in [1.807, 2.05) is 42.5 Å². The number of halogens is 1. The number of rotatable bonds is 6. The zero-order valence-corrected chi connectivity index (χ0v) is 17.4. The lowest BCUT2D eigenvalue weighted by Gasteiger charge is -2.36. The van der Waals surface area contributed by atoms with Crippen LogP contribution < -0.4 is 10.2 Å². The first kappa shape index (κ1) is 20.5. The van der Waals surface area contributed by atoms with Crippen LogP contribution in [0, 0.1) is 18.3 Å². The van der Waals surface area contributed by atoms with Crippen molar-refractivity contribution >= 4 is 40.6 Å². The lowest BCUT2D eigenvalue weighted by atomic mass is 10.1. The average molecular weight is 415 g/mol. The van der Waals surface area contributed by atoms with Crippen molar-refractivity contribution in [1.82, 2.24) is 4.90 Å². The van der Waals surface area contributed by atoms with Gasteiger partial charge in [0.05, 0.1) is 24.1 Å². The molecule has 0 atom stereocenters. The van der Waals surface area contributed by atoms with E-state index in [1.165, 1.54) is 23.0 Å². The number of nitrogens with one attached hydrogen (secondary N) is 1. The van der Waals surface area contributed by atoms with E-state index in [0.29, 0.717) is 12.3 Å². The third-order valence-electron chi connectivity index (χ3n) is 4.70. The van der Waals surface area contributed by atoms with Gasteiger partial charge in [-0.15, -0.1) is 11.8 Å². The van der Waals surface area contributed by atoms with Gasteiger partial charge in [-0.05, 0) is 36.8 Å². The molecule has 0 saturated carbocycles. The summed E-state index contributed by atoms with van der Waals surface area (Å²) in [5.74, 6) is 0.329. The van der Waals surface area contributed by atoms with Crippen LogP contribution in [0.1, 0.15) is 5.56 Å². The first-order valence-corrected chi connectivity index (χ1v) is 10.6. The van der Waals surface area contributed by atoms with Crippen LogP contribution in [0.25, 0.3) is 0 Å². The third kappa shape index (κ3) is 5.41. The molecule has 0 aliphatic carbocycles. The Labute approximate surface area is 175 Å². The van der Waals surface area contributed by atoms with Crippen LogP contribution in [-0.2, 0) is 4.79 Å². The maximum atomic E-state index is 12.5. The largest absolute Gasteiger partial charge is 0.369 e. The molecule has 1 saturated heterocycles. The fourth-order valence-electron chi connectivity index (χ4n) is 3.27. The van der Waals surface area contributed by atoms with Gasteiger partial charge in [0.2, 0.25) is 5.91 Å². The van der Waals surface area contributed by atoms with Gasteiger partial charge in [-0.2, -0.15) is 5.26 Å². The number of hydrogen-bond donors (Lipinski definition) is 1. The number of piperazine rings is 1. The van der Waals surface area contributed by atoms with Gasteiger partial charge >= 0.3 is 0 Å². The minimum absolute atomic E-state index is 0.0302. The molecular formula is C21H23ClN4OS. The van der Waals surface area contributed by atoms with Crippen LogP contribution in [0.3, 0.4) is 0 Å². The SMILES string of the molecule is Cc1ccc(Cl)cc1N1CCN(CC(=O)Nc2ccccc2SCC#N)CC1. The summed E-state index contributed by atoms with van der Waals surface area (Å²) in [7, 11) is 0. The van der Waals surface area contributed by atoms with E-state index in [2.05, 4.69) is 28.1 Å². The Hall–Kier alpha value is -2.20. The van der Waals surface area contributed by atoms with Gasteiger partial charge in [0.25, 0.3) is 0 Å². The standard InChI is InChI=1S/C21H23ClN4OS/c1-16-6-7-17(22)14-19(16)26-11-9-25(10-12-26)15-21(27)24-18-4-2-3-5-20(18)28-13-8-23/h2-7,14H,9-13,15H2,1H3,(H,24,27). The van der Waals surface area contributed by atoms with Gasteiger partial charge in [-0.1, -0.05) is 29.8 Å². The molecule has 0 unspecified atom stereocenters. The molecule has 2 aromatic carbocycles. The fourth-order valence-corrected chi connectivity index (χ4v) is 4.10. The van der Waals surface area contributed by atoms with Crippen molar-refractivity contribution in [3.05, 3.63) is 53.1 Å². The molecule has 1 aliphatic rings. The fraction of sp³-hybridized carbons (Fsp3) is 0.333. The summed E-state index contributed by atoms with van der Waals surface area (Å²) < 4.78 is 0. The number of carbonyl (C=O) groups is 1. The van der Waals surface area contributed by atoms with Gasteiger partial charge in [-0.3, -0.25) is 9.69 Å². The molecule has 0 aromatic heterocycles. The molecule has 1 heterocycles. The first-order valence-electron chi connectivity index (χ1n) is 9.19. The highest BCUT2D eigenvalue weighted by molar-refractivity contribution is 7.99. The molecule has 0 bridgehead atoms. The number of nitrogens with zero attached hydrogens (tertiary/aromatic N) is 3. The summed E-state index contributed by atoms with van der Waals surface area (Å²) in [5.41, 5.74) is 3.14. The predicted octanol–water partition coefficient (Wildman–Crippen LogP) is 4.02. The third-order valence-corrected chi connectivity index (χ3v) is 5.88. The van der Waals surface area contributed by atoms with Crippen molar-refractivity contribution in [2.75, 3.05) is 48.7 Å². The van der Waals surface area contributed by atoms with Crippen LogP contribution in [0.5, 0.6) is 0 Å². The van der Waals surface area contributed by atoms with Crippen LogP contribution in [0.4, 0.5) is 11.4 Å². The van der Waals surface area contributed by atoms with Crippen LogP contribution in [0.2, 0.25) is 5.02 Å². The Balaban J connectivity index is 1.53. The Morgan fingerprint density at radius 2 is 1.96 bits per heavy atom. The Kier molecular flexibility index (Phi) is 7.21. The molecule has 1 aliphatic heterocycles. The minimum Gasteiger partial charge on any atom is -0.369 e. The number of hydrogen-bond acceptors (Lipinski definition) is 5. The minimum atomic E-state index is -0.0302. The number of nitriles is 1. The molecule has 28 heavy (non-hydrogen) atoms. The molecule has 0 spiro atoms. The molecule has 2 aromatic rings. The topological polar surface area (TPSA) is 59.4 Å². The van der Waals surface area contributed by atoms with Crippen molar-refractivity contribution in [2.24, 2.45) is 0 Å². The second-order valence-electron chi connectivity index (χ2n) is 6.69. The van der Waals surface area contributed by atoms with E-state index >= 15 is 0 Å². The van der Waals surface area contributed by atoms with E-state index < -0.39 is 0 Å². The van der Waals surface area contributed by atoms with E-state index in [-0.39, 0.29) is 5.91 Å².